The summed E-state index contributed by atoms with van der Waals surface area (Å²) < 4.78 is 25.3. The van der Waals surface area contributed by atoms with Gasteiger partial charge in [0.1, 0.15) is 12.4 Å². The Bertz CT molecular complexity index is 1100. The van der Waals surface area contributed by atoms with E-state index in [1.54, 1.807) is 37.4 Å². The SMILES string of the molecule is CCOc1cc(/C=N/Nc2nc(C)cc(=O)[nH]2)ccc1OCc1c(F)cccc1Cl. The fraction of sp³-hybridized carbons (Fsp3) is 0.190. The molecule has 0 radical (unpaired) electrons. The summed E-state index contributed by atoms with van der Waals surface area (Å²) in [5.74, 6) is 0.739. The molecule has 0 aliphatic heterocycles. The number of anilines is 1. The van der Waals surface area contributed by atoms with Crippen LogP contribution in [0, 0.1) is 12.7 Å². The highest BCUT2D eigenvalue weighted by atomic mass is 35.5. The van der Waals surface area contributed by atoms with E-state index in [2.05, 4.69) is 20.5 Å². The summed E-state index contributed by atoms with van der Waals surface area (Å²) in [6.45, 7) is 3.95. The molecule has 0 fully saturated rings. The lowest BCUT2D eigenvalue weighted by molar-refractivity contribution is 0.266. The van der Waals surface area contributed by atoms with Crippen LogP contribution in [0.25, 0.3) is 0 Å². The number of aryl methyl sites for hydroxylation is 1. The minimum atomic E-state index is -0.432. The first-order valence-corrected chi connectivity index (χ1v) is 9.53. The summed E-state index contributed by atoms with van der Waals surface area (Å²) in [6, 6.07) is 11.1. The predicted molar refractivity (Wildman–Crippen MR) is 114 cm³/mol. The average molecular weight is 431 g/mol. The molecule has 156 valence electrons. The van der Waals surface area contributed by atoms with Crippen LogP contribution in [-0.4, -0.2) is 22.8 Å². The molecule has 0 atom stereocenters. The van der Waals surface area contributed by atoms with E-state index >= 15 is 0 Å². The van der Waals surface area contributed by atoms with Gasteiger partial charge in [0.15, 0.2) is 11.5 Å². The number of ether oxygens (including phenoxy) is 2. The van der Waals surface area contributed by atoms with Crippen molar-refractivity contribution < 1.29 is 13.9 Å². The van der Waals surface area contributed by atoms with Crippen molar-refractivity contribution in [1.29, 1.82) is 0 Å². The standard InChI is InChI=1S/C21H20ClFN4O3/c1-3-29-19-10-14(11-24-27-21-25-13(2)9-20(28)26-21)7-8-18(19)30-12-15-16(22)5-4-6-17(15)23/h4-11H,3,12H2,1-2H3,(H2,25,26,27,28)/b24-11+. The Hall–Kier alpha value is -3.39. The van der Waals surface area contributed by atoms with Gasteiger partial charge in [-0.15, -0.1) is 0 Å². The first-order valence-electron chi connectivity index (χ1n) is 9.16. The van der Waals surface area contributed by atoms with Gasteiger partial charge in [-0.05, 0) is 49.7 Å². The van der Waals surface area contributed by atoms with Crippen LogP contribution in [0.15, 0.2) is 52.4 Å². The number of aromatic amines is 1. The van der Waals surface area contributed by atoms with Crippen molar-refractivity contribution in [3.8, 4) is 11.5 Å². The molecule has 0 aliphatic rings. The molecular weight excluding hydrogens is 411 g/mol. The Kier molecular flexibility index (Phi) is 7.03. The topological polar surface area (TPSA) is 88.6 Å². The fourth-order valence-electron chi connectivity index (χ4n) is 2.61. The van der Waals surface area contributed by atoms with Gasteiger partial charge in [-0.3, -0.25) is 9.78 Å². The van der Waals surface area contributed by atoms with E-state index in [9.17, 15) is 9.18 Å². The van der Waals surface area contributed by atoms with Crippen LogP contribution in [-0.2, 0) is 6.61 Å². The van der Waals surface area contributed by atoms with Crippen molar-refractivity contribution in [2.24, 2.45) is 5.10 Å². The Morgan fingerprint density at radius 2 is 2.07 bits per heavy atom. The smallest absolute Gasteiger partial charge is 0.252 e. The number of nitrogens with zero attached hydrogens (tertiary/aromatic N) is 2. The fourth-order valence-corrected chi connectivity index (χ4v) is 2.83. The van der Waals surface area contributed by atoms with E-state index < -0.39 is 5.82 Å². The number of halogens is 2. The summed E-state index contributed by atoms with van der Waals surface area (Å²) in [5.41, 5.74) is 3.98. The number of hydrazone groups is 1. The van der Waals surface area contributed by atoms with Crippen molar-refractivity contribution in [2.75, 3.05) is 12.0 Å². The van der Waals surface area contributed by atoms with Gasteiger partial charge in [-0.25, -0.2) is 14.8 Å². The van der Waals surface area contributed by atoms with Crippen molar-refractivity contribution in [1.82, 2.24) is 9.97 Å². The number of nitrogens with one attached hydrogen (secondary N) is 2. The third kappa shape index (κ3) is 5.57. The molecule has 2 N–H and O–H groups in total. The zero-order chi connectivity index (χ0) is 21.5. The maximum Gasteiger partial charge on any atom is 0.252 e. The van der Waals surface area contributed by atoms with E-state index in [4.69, 9.17) is 21.1 Å². The summed E-state index contributed by atoms with van der Waals surface area (Å²) in [6.07, 6.45) is 1.54. The number of hydrogen-bond acceptors (Lipinski definition) is 6. The molecule has 3 rings (SSSR count). The minimum absolute atomic E-state index is 0.0348. The summed E-state index contributed by atoms with van der Waals surface area (Å²) in [4.78, 5) is 18.1. The Labute approximate surface area is 177 Å². The molecule has 9 heteroatoms. The number of hydrogen-bond donors (Lipinski definition) is 2. The van der Waals surface area contributed by atoms with Crippen LogP contribution in [0.2, 0.25) is 5.02 Å². The Morgan fingerprint density at radius 3 is 2.80 bits per heavy atom. The molecule has 0 bridgehead atoms. The van der Waals surface area contributed by atoms with Crippen molar-refractivity contribution in [3.05, 3.63) is 80.5 Å². The van der Waals surface area contributed by atoms with E-state index in [-0.39, 0.29) is 23.7 Å². The van der Waals surface area contributed by atoms with Crippen LogP contribution in [0.1, 0.15) is 23.7 Å². The number of benzene rings is 2. The lowest BCUT2D eigenvalue weighted by Gasteiger charge is -2.13. The van der Waals surface area contributed by atoms with Crippen LogP contribution in [0.3, 0.4) is 0 Å². The second-order valence-electron chi connectivity index (χ2n) is 6.23. The van der Waals surface area contributed by atoms with E-state index in [0.717, 1.165) is 5.56 Å². The molecule has 7 nitrogen and oxygen atoms in total. The third-order valence-electron chi connectivity index (χ3n) is 3.96. The van der Waals surface area contributed by atoms with Gasteiger partial charge >= 0.3 is 0 Å². The van der Waals surface area contributed by atoms with Crippen LogP contribution >= 0.6 is 11.6 Å². The van der Waals surface area contributed by atoms with E-state index in [1.807, 2.05) is 6.92 Å². The van der Waals surface area contributed by atoms with E-state index in [0.29, 0.717) is 28.8 Å². The highest BCUT2D eigenvalue weighted by Crippen LogP contribution is 2.30. The predicted octanol–water partition coefficient (Wildman–Crippen LogP) is 4.29. The summed E-state index contributed by atoms with van der Waals surface area (Å²) in [5, 5.41) is 4.37. The van der Waals surface area contributed by atoms with Crippen LogP contribution < -0.4 is 20.5 Å². The maximum atomic E-state index is 13.9. The highest BCUT2D eigenvalue weighted by Gasteiger charge is 2.11. The monoisotopic (exact) mass is 430 g/mol. The minimum Gasteiger partial charge on any atom is -0.490 e. The zero-order valence-corrected chi connectivity index (χ0v) is 17.2. The quantitative estimate of drug-likeness (QED) is 0.411. The van der Waals surface area contributed by atoms with Gasteiger partial charge < -0.3 is 9.47 Å². The van der Waals surface area contributed by atoms with Gasteiger partial charge in [0.25, 0.3) is 5.56 Å². The molecule has 2 aromatic carbocycles. The third-order valence-corrected chi connectivity index (χ3v) is 4.31. The van der Waals surface area contributed by atoms with Gasteiger partial charge in [-0.2, -0.15) is 5.10 Å². The molecule has 30 heavy (non-hydrogen) atoms. The Morgan fingerprint density at radius 1 is 1.23 bits per heavy atom. The van der Waals surface area contributed by atoms with Crippen molar-refractivity contribution in [3.63, 3.8) is 0 Å². The molecule has 0 saturated carbocycles. The van der Waals surface area contributed by atoms with Crippen LogP contribution in [0.4, 0.5) is 10.3 Å². The van der Waals surface area contributed by atoms with Crippen LogP contribution in [0.5, 0.6) is 11.5 Å². The molecule has 0 aliphatic carbocycles. The molecule has 0 amide bonds. The lowest BCUT2D eigenvalue weighted by atomic mass is 10.2. The zero-order valence-electron chi connectivity index (χ0n) is 16.4. The summed E-state index contributed by atoms with van der Waals surface area (Å²) in [7, 11) is 0. The molecule has 0 unspecified atom stereocenters. The lowest BCUT2D eigenvalue weighted by Crippen LogP contribution is -2.10. The second kappa shape index (κ2) is 9.89. The Balaban J connectivity index is 1.73. The summed E-state index contributed by atoms with van der Waals surface area (Å²) >= 11 is 6.05. The van der Waals surface area contributed by atoms with Gasteiger partial charge in [0.05, 0.1) is 17.8 Å². The number of aromatic nitrogens is 2. The molecule has 1 aromatic heterocycles. The molecular formula is C21H20ClFN4O3. The van der Waals surface area contributed by atoms with Crippen molar-refractivity contribution >= 4 is 23.8 Å². The average Bonchev–Trinajstić information content (AvgIpc) is 2.68. The molecule has 1 heterocycles. The van der Waals surface area contributed by atoms with E-state index in [1.165, 1.54) is 18.2 Å². The maximum absolute atomic E-state index is 13.9. The second-order valence-corrected chi connectivity index (χ2v) is 6.64. The number of H-pyrrole nitrogens is 1. The molecule has 0 saturated heterocycles. The van der Waals surface area contributed by atoms with Gasteiger partial charge in [0.2, 0.25) is 5.95 Å². The molecule has 0 spiro atoms. The van der Waals surface area contributed by atoms with Gasteiger partial charge in [0, 0.05) is 17.3 Å². The largest absolute Gasteiger partial charge is 0.490 e. The normalized spacial score (nSPS) is 10.9. The first kappa shape index (κ1) is 21.3. The highest BCUT2D eigenvalue weighted by molar-refractivity contribution is 6.31. The van der Waals surface area contributed by atoms with Gasteiger partial charge in [-0.1, -0.05) is 17.7 Å². The molecule has 3 aromatic rings. The number of rotatable bonds is 8. The van der Waals surface area contributed by atoms with Crippen molar-refractivity contribution in [2.45, 2.75) is 20.5 Å². The first-order chi connectivity index (χ1) is 14.5.